The zero-order valence-electron chi connectivity index (χ0n) is 22.1. The molecule has 0 spiro atoms. The smallest absolute Gasteiger partial charge is 0.306 e. The number of amides is 1. The number of ether oxygens (including phenoxy) is 1. The number of carbonyl (C=O) groups is 2. The van der Waals surface area contributed by atoms with E-state index in [0.29, 0.717) is 5.92 Å². The molecule has 1 N–H and O–H groups in total. The number of nitrogens with one attached hydrogen (secondary N) is 1. The third kappa shape index (κ3) is 19.0. The Labute approximate surface area is 205 Å². The van der Waals surface area contributed by atoms with Gasteiger partial charge in [0.25, 0.3) is 0 Å². The highest BCUT2D eigenvalue weighted by atomic mass is 16.5. The fourth-order valence-corrected chi connectivity index (χ4v) is 4.94. The van der Waals surface area contributed by atoms with Crippen LogP contribution in [0.15, 0.2) is 0 Å². The van der Waals surface area contributed by atoms with Crippen molar-refractivity contribution in [3.8, 4) is 0 Å². The molecule has 0 aromatic rings. The second-order valence-electron chi connectivity index (χ2n) is 10.5. The second-order valence-corrected chi connectivity index (χ2v) is 10.5. The molecule has 1 rings (SSSR count). The summed E-state index contributed by atoms with van der Waals surface area (Å²) in [5.74, 6) is 0.399. The average molecular weight is 466 g/mol. The molecule has 0 saturated heterocycles. The largest absolute Gasteiger partial charge is 0.462 e. The number of esters is 1. The van der Waals surface area contributed by atoms with Gasteiger partial charge in [0.1, 0.15) is 6.10 Å². The Morgan fingerprint density at radius 2 is 1.24 bits per heavy atom. The van der Waals surface area contributed by atoms with Gasteiger partial charge in [0, 0.05) is 13.0 Å². The average Bonchev–Trinajstić information content (AvgIpc) is 2.79. The minimum Gasteiger partial charge on any atom is -0.462 e. The predicted octanol–water partition coefficient (Wildman–Crippen LogP) is 8.27. The van der Waals surface area contributed by atoms with Crippen LogP contribution < -0.4 is 5.32 Å². The summed E-state index contributed by atoms with van der Waals surface area (Å²) >= 11 is 0. The molecule has 1 fully saturated rings. The number of unbranched alkanes of at least 4 members (excludes halogenated alkanes) is 15. The number of rotatable bonds is 21. The first-order valence-corrected chi connectivity index (χ1v) is 14.6. The summed E-state index contributed by atoms with van der Waals surface area (Å²) in [5.41, 5.74) is 0. The standard InChI is InChI=1S/C29H55NO3/c1-3-4-5-6-7-8-9-10-11-12-13-14-15-16-17-18-24-30-28(31)22-23-29(32)33-27-21-19-20-26(2)25-27/h26-27H,3-25H2,1-2H3,(H,30,31). The van der Waals surface area contributed by atoms with Crippen molar-refractivity contribution < 1.29 is 14.3 Å². The van der Waals surface area contributed by atoms with Gasteiger partial charge in [-0.05, 0) is 31.6 Å². The molecule has 4 heteroatoms. The number of hydrogen-bond acceptors (Lipinski definition) is 3. The lowest BCUT2D eigenvalue weighted by molar-refractivity contribution is -0.152. The minimum absolute atomic E-state index is 0.0232. The van der Waals surface area contributed by atoms with Gasteiger partial charge in [0.2, 0.25) is 5.91 Å². The summed E-state index contributed by atoms with van der Waals surface area (Å²) in [4.78, 5) is 23.9. The Morgan fingerprint density at radius 1 is 0.727 bits per heavy atom. The molecule has 4 nitrogen and oxygen atoms in total. The molecule has 2 unspecified atom stereocenters. The summed E-state index contributed by atoms with van der Waals surface area (Å²) in [5, 5.41) is 2.95. The Morgan fingerprint density at radius 3 is 1.76 bits per heavy atom. The molecule has 1 aliphatic carbocycles. The molecular weight excluding hydrogens is 410 g/mol. The van der Waals surface area contributed by atoms with Crippen molar-refractivity contribution in [2.45, 2.75) is 161 Å². The first-order chi connectivity index (χ1) is 16.1. The van der Waals surface area contributed by atoms with Crippen LogP contribution in [0.2, 0.25) is 0 Å². The van der Waals surface area contributed by atoms with Gasteiger partial charge in [0.05, 0.1) is 6.42 Å². The van der Waals surface area contributed by atoms with E-state index in [1.165, 1.54) is 103 Å². The van der Waals surface area contributed by atoms with Crippen molar-refractivity contribution in [3.05, 3.63) is 0 Å². The Hall–Kier alpha value is -1.06. The number of hydrogen-bond donors (Lipinski definition) is 1. The molecule has 0 radical (unpaired) electrons. The quantitative estimate of drug-likeness (QED) is 0.137. The van der Waals surface area contributed by atoms with Crippen LogP contribution in [0, 0.1) is 5.92 Å². The van der Waals surface area contributed by atoms with Gasteiger partial charge in [0.15, 0.2) is 0 Å². The summed E-state index contributed by atoms with van der Waals surface area (Å²) < 4.78 is 5.53. The SMILES string of the molecule is CCCCCCCCCCCCCCCCCCNC(=O)CCC(=O)OC1CCCC(C)C1. The zero-order valence-corrected chi connectivity index (χ0v) is 22.1. The minimum atomic E-state index is -0.216. The molecule has 194 valence electrons. The van der Waals surface area contributed by atoms with E-state index < -0.39 is 0 Å². The molecule has 1 amide bonds. The van der Waals surface area contributed by atoms with Gasteiger partial charge in [-0.15, -0.1) is 0 Å². The lowest BCUT2D eigenvalue weighted by atomic mass is 9.89. The molecule has 33 heavy (non-hydrogen) atoms. The summed E-state index contributed by atoms with van der Waals surface area (Å²) in [6.07, 6.45) is 26.5. The van der Waals surface area contributed by atoms with Crippen LogP contribution in [0.25, 0.3) is 0 Å². The van der Waals surface area contributed by atoms with Crippen LogP contribution in [0.5, 0.6) is 0 Å². The summed E-state index contributed by atoms with van der Waals surface area (Å²) in [6, 6.07) is 0. The molecule has 0 heterocycles. The van der Waals surface area contributed by atoms with E-state index >= 15 is 0 Å². The van der Waals surface area contributed by atoms with E-state index in [4.69, 9.17) is 4.74 Å². The maximum absolute atomic E-state index is 12.0. The van der Waals surface area contributed by atoms with Crippen LogP contribution >= 0.6 is 0 Å². The van der Waals surface area contributed by atoms with Gasteiger partial charge in [-0.2, -0.15) is 0 Å². The van der Waals surface area contributed by atoms with Gasteiger partial charge in [-0.1, -0.05) is 117 Å². The topological polar surface area (TPSA) is 55.4 Å². The van der Waals surface area contributed by atoms with Crippen LogP contribution in [0.4, 0.5) is 0 Å². The number of carbonyl (C=O) groups excluding carboxylic acids is 2. The molecule has 2 atom stereocenters. The molecule has 0 aromatic heterocycles. The van der Waals surface area contributed by atoms with E-state index in [0.717, 1.165) is 32.2 Å². The third-order valence-corrected chi connectivity index (χ3v) is 7.10. The third-order valence-electron chi connectivity index (χ3n) is 7.10. The van der Waals surface area contributed by atoms with Crippen molar-refractivity contribution in [1.29, 1.82) is 0 Å². The van der Waals surface area contributed by atoms with Crippen LogP contribution in [0.1, 0.15) is 155 Å². The summed E-state index contributed by atoms with van der Waals surface area (Å²) in [7, 11) is 0. The molecule has 1 aliphatic rings. The molecule has 0 aliphatic heterocycles. The maximum Gasteiger partial charge on any atom is 0.306 e. The first kappa shape index (κ1) is 30.0. The van der Waals surface area contributed by atoms with E-state index in [-0.39, 0.29) is 30.8 Å². The Kier molecular flexibility index (Phi) is 19.5. The van der Waals surface area contributed by atoms with Crippen molar-refractivity contribution in [2.75, 3.05) is 6.54 Å². The first-order valence-electron chi connectivity index (χ1n) is 14.6. The molecule has 0 aromatic carbocycles. The monoisotopic (exact) mass is 465 g/mol. The zero-order chi connectivity index (χ0) is 24.0. The van der Waals surface area contributed by atoms with E-state index in [1.54, 1.807) is 0 Å². The van der Waals surface area contributed by atoms with Crippen molar-refractivity contribution >= 4 is 11.9 Å². The van der Waals surface area contributed by atoms with Crippen molar-refractivity contribution in [3.63, 3.8) is 0 Å². The Bertz CT molecular complexity index is 479. The predicted molar refractivity (Wildman–Crippen MR) is 139 cm³/mol. The fraction of sp³-hybridized carbons (Fsp3) is 0.931. The van der Waals surface area contributed by atoms with E-state index in [2.05, 4.69) is 19.2 Å². The second kappa shape index (κ2) is 21.5. The highest BCUT2D eigenvalue weighted by Crippen LogP contribution is 2.26. The molecule has 0 bridgehead atoms. The van der Waals surface area contributed by atoms with Gasteiger partial charge in [-0.25, -0.2) is 0 Å². The molecule has 1 saturated carbocycles. The fourth-order valence-electron chi connectivity index (χ4n) is 4.94. The van der Waals surface area contributed by atoms with Crippen LogP contribution in [-0.4, -0.2) is 24.5 Å². The van der Waals surface area contributed by atoms with Crippen LogP contribution in [0.3, 0.4) is 0 Å². The Balaban J connectivity index is 1.79. The highest BCUT2D eigenvalue weighted by Gasteiger charge is 2.22. The lowest BCUT2D eigenvalue weighted by Crippen LogP contribution is -2.27. The van der Waals surface area contributed by atoms with Crippen molar-refractivity contribution in [1.82, 2.24) is 5.32 Å². The molecular formula is C29H55NO3. The highest BCUT2D eigenvalue weighted by molar-refractivity contribution is 5.81. The summed E-state index contributed by atoms with van der Waals surface area (Å²) in [6.45, 7) is 5.22. The van der Waals surface area contributed by atoms with Gasteiger partial charge in [-0.3, -0.25) is 9.59 Å². The normalized spacial score (nSPS) is 18.2. The van der Waals surface area contributed by atoms with Crippen LogP contribution in [-0.2, 0) is 14.3 Å². The van der Waals surface area contributed by atoms with Gasteiger partial charge >= 0.3 is 5.97 Å². The maximum atomic E-state index is 12.0. The lowest BCUT2D eigenvalue weighted by Gasteiger charge is -2.26. The van der Waals surface area contributed by atoms with Crippen molar-refractivity contribution in [2.24, 2.45) is 5.92 Å². The van der Waals surface area contributed by atoms with Gasteiger partial charge < -0.3 is 10.1 Å². The van der Waals surface area contributed by atoms with E-state index in [1.807, 2.05) is 0 Å². The van der Waals surface area contributed by atoms with E-state index in [9.17, 15) is 9.59 Å².